The molecule has 1 fully saturated rings. The average molecular weight is 238 g/mol. The molecule has 0 unspecified atom stereocenters. The van der Waals surface area contributed by atoms with E-state index in [2.05, 4.69) is 4.98 Å². The van der Waals surface area contributed by atoms with E-state index in [0.717, 1.165) is 0 Å². The maximum atomic E-state index is 7.03. The van der Waals surface area contributed by atoms with Crippen LogP contribution in [0, 0.1) is 0 Å². The van der Waals surface area contributed by atoms with Crippen molar-refractivity contribution in [2.24, 2.45) is 0 Å². The van der Waals surface area contributed by atoms with Gasteiger partial charge < -0.3 is 14.0 Å². The number of pyridine rings is 1. The fourth-order valence-electron chi connectivity index (χ4n) is 1.56. The number of methoxy groups -OCH3 is 1. The van der Waals surface area contributed by atoms with Crippen molar-refractivity contribution in [3.05, 3.63) is 18.3 Å². The van der Waals surface area contributed by atoms with Crippen molar-refractivity contribution in [1.29, 1.82) is 0 Å². The molecule has 0 aromatic carbocycles. The van der Waals surface area contributed by atoms with E-state index < -0.39 is 25.4 Å². The van der Waals surface area contributed by atoms with Crippen LogP contribution in [0.2, 0.25) is 0 Å². The van der Waals surface area contributed by atoms with E-state index in [1.165, 1.54) is 6.20 Å². The van der Waals surface area contributed by atoms with Crippen molar-refractivity contribution in [1.82, 2.24) is 4.98 Å². The summed E-state index contributed by atoms with van der Waals surface area (Å²) in [6.07, 6.45) is 1.35. The van der Waals surface area contributed by atoms with Crippen LogP contribution in [0.25, 0.3) is 0 Å². The van der Waals surface area contributed by atoms with E-state index in [4.69, 9.17) is 18.2 Å². The molecule has 1 aliphatic rings. The molecule has 0 atom stereocenters. The number of ether oxygens (including phenoxy) is 1. The lowest BCUT2D eigenvalue weighted by molar-refractivity contribution is 0.00578. The summed E-state index contributed by atoms with van der Waals surface area (Å²) in [4.78, 5) is 4.15. The molecule has 0 amide bonds. The van der Waals surface area contributed by atoms with Crippen LogP contribution in [-0.4, -0.2) is 30.3 Å². The van der Waals surface area contributed by atoms with Gasteiger partial charge in [0, 0.05) is 0 Å². The van der Waals surface area contributed by atoms with E-state index in [-0.39, 0.29) is 5.75 Å². The highest BCUT2D eigenvalue weighted by Crippen LogP contribution is 2.36. The number of aromatic nitrogens is 1. The van der Waals surface area contributed by atoms with Crippen molar-refractivity contribution in [3.63, 3.8) is 0 Å². The maximum Gasteiger partial charge on any atom is 0.514 e. The van der Waals surface area contributed by atoms with Crippen LogP contribution in [0.15, 0.2) is 18.3 Å². The summed E-state index contributed by atoms with van der Waals surface area (Å²) >= 11 is 0. The second-order valence-corrected chi connectivity index (χ2v) is 5.11. The van der Waals surface area contributed by atoms with Gasteiger partial charge in [-0.1, -0.05) is 0 Å². The summed E-state index contributed by atoms with van der Waals surface area (Å²) in [7, 11) is -3.05. The molecule has 1 aromatic heterocycles. The third kappa shape index (κ3) is 2.17. The van der Waals surface area contributed by atoms with Gasteiger partial charge >= 0.3 is 7.12 Å². The SMILES string of the molecule is [2H]C([2H])([2H])Oc1ccc(B2OC(C)(C)C(C)(C)O2)nc1. The maximum absolute atomic E-state index is 7.03. The minimum Gasteiger partial charge on any atom is -0.495 e. The zero-order valence-corrected chi connectivity index (χ0v) is 10.5. The van der Waals surface area contributed by atoms with E-state index in [1.807, 2.05) is 27.7 Å². The summed E-state index contributed by atoms with van der Waals surface area (Å²) in [6, 6.07) is 3.18. The summed E-state index contributed by atoms with van der Waals surface area (Å²) in [5.41, 5.74) is -0.290. The van der Waals surface area contributed by atoms with Crippen molar-refractivity contribution in [3.8, 4) is 5.75 Å². The fourth-order valence-corrected chi connectivity index (χ4v) is 1.56. The molecular weight excluding hydrogens is 217 g/mol. The molecule has 1 saturated heterocycles. The lowest BCUT2D eigenvalue weighted by Gasteiger charge is -2.32. The highest BCUT2D eigenvalue weighted by atomic mass is 16.7. The Bertz CT molecular complexity index is 472. The normalized spacial score (nSPS) is 24.9. The summed E-state index contributed by atoms with van der Waals surface area (Å²) < 4.78 is 37.5. The van der Waals surface area contributed by atoms with Gasteiger partial charge in [-0.3, -0.25) is 4.98 Å². The quantitative estimate of drug-likeness (QED) is 0.730. The standard InChI is InChI=1S/C12H18BNO3/c1-11(2)12(3,4)17-13(16-11)10-7-6-9(15-5)8-14-10/h6-8H,1-5H3/i5D3. The Hall–Kier alpha value is -1.07. The van der Waals surface area contributed by atoms with E-state index in [1.54, 1.807) is 12.1 Å². The highest BCUT2D eigenvalue weighted by Gasteiger charge is 2.52. The van der Waals surface area contributed by atoms with Crippen LogP contribution in [-0.2, 0) is 9.31 Å². The van der Waals surface area contributed by atoms with Crippen LogP contribution in [0.4, 0.5) is 0 Å². The predicted octanol–water partition coefficient (Wildman–Crippen LogP) is 1.39. The largest absolute Gasteiger partial charge is 0.514 e. The van der Waals surface area contributed by atoms with Crippen molar-refractivity contribution < 1.29 is 18.2 Å². The topological polar surface area (TPSA) is 40.6 Å². The third-order valence-electron chi connectivity index (χ3n) is 3.37. The first kappa shape index (κ1) is 8.94. The van der Waals surface area contributed by atoms with Crippen LogP contribution < -0.4 is 10.3 Å². The van der Waals surface area contributed by atoms with Gasteiger partial charge in [-0.25, -0.2) is 0 Å². The Morgan fingerprint density at radius 3 is 2.35 bits per heavy atom. The second-order valence-electron chi connectivity index (χ2n) is 5.11. The van der Waals surface area contributed by atoms with E-state index in [0.29, 0.717) is 5.59 Å². The molecule has 0 bridgehead atoms. The van der Waals surface area contributed by atoms with Gasteiger partial charge in [0.2, 0.25) is 0 Å². The molecule has 92 valence electrons. The molecule has 0 radical (unpaired) electrons. The highest BCUT2D eigenvalue weighted by molar-refractivity contribution is 6.61. The Kier molecular flexibility index (Phi) is 2.10. The molecular formula is C12H18BNO3. The lowest BCUT2D eigenvalue weighted by Crippen LogP contribution is -2.41. The Labute approximate surface area is 107 Å². The minimum absolute atomic E-state index is 0.185. The van der Waals surface area contributed by atoms with Gasteiger partial charge in [-0.15, -0.1) is 0 Å². The zero-order chi connectivity index (χ0) is 15.2. The predicted molar refractivity (Wildman–Crippen MR) is 66.5 cm³/mol. The zero-order valence-electron chi connectivity index (χ0n) is 13.5. The molecule has 2 rings (SSSR count). The molecule has 17 heavy (non-hydrogen) atoms. The van der Waals surface area contributed by atoms with Crippen LogP contribution in [0.5, 0.6) is 5.75 Å². The van der Waals surface area contributed by atoms with Gasteiger partial charge in [-0.2, -0.15) is 0 Å². The van der Waals surface area contributed by atoms with Crippen molar-refractivity contribution in [2.45, 2.75) is 38.9 Å². The average Bonchev–Trinajstić information content (AvgIpc) is 2.47. The third-order valence-corrected chi connectivity index (χ3v) is 3.37. The van der Waals surface area contributed by atoms with Gasteiger partial charge in [-0.05, 0) is 39.8 Å². The molecule has 5 heteroatoms. The Morgan fingerprint density at radius 1 is 1.24 bits per heavy atom. The van der Waals surface area contributed by atoms with E-state index in [9.17, 15) is 0 Å². The van der Waals surface area contributed by atoms with Crippen molar-refractivity contribution in [2.75, 3.05) is 7.04 Å². The van der Waals surface area contributed by atoms with Gasteiger partial charge in [0.25, 0.3) is 0 Å². The molecule has 0 saturated carbocycles. The molecule has 0 spiro atoms. The van der Waals surface area contributed by atoms with Gasteiger partial charge in [0.05, 0.1) is 34.1 Å². The molecule has 1 aliphatic heterocycles. The Morgan fingerprint density at radius 2 is 1.88 bits per heavy atom. The number of hydrogen-bond donors (Lipinski definition) is 0. The first-order valence-electron chi connectivity index (χ1n) is 7.01. The number of hydrogen-bond acceptors (Lipinski definition) is 4. The van der Waals surface area contributed by atoms with Crippen LogP contribution >= 0.6 is 0 Å². The monoisotopic (exact) mass is 238 g/mol. The summed E-state index contributed by atoms with van der Waals surface area (Å²) in [5.74, 6) is 0.185. The Balaban J connectivity index is 2.12. The lowest BCUT2D eigenvalue weighted by atomic mass is 9.84. The molecule has 4 nitrogen and oxygen atoms in total. The fraction of sp³-hybridized carbons (Fsp3) is 0.583. The minimum atomic E-state index is -2.48. The van der Waals surface area contributed by atoms with Gasteiger partial charge in [0.1, 0.15) is 5.75 Å². The van der Waals surface area contributed by atoms with Gasteiger partial charge in [0.15, 0.2) is 0 Å². The smallest absolute Gasteiger partial charge is 0.495 e. The molecule has 0 N–H and O–H groups in total. The molecule has 2 heterocycles. The summed E-state index contributed by atoms with van der Waals surface area (Å²) in [5, 5.41) is 0. The van der Waals surface area contributed by atoms with Crippen LogP contribution in [0.1, 0.15) is 31.8 Å². The van der Waals surface area contributed by atoms with E-state index >= 15 is 0 Å². The summed E-state index contributed by atoms with van der Waals surface area (Å²) in [6.45, 7) is 7.83. The van der Waals surface area contributed by atoms with Crippen LogP contribution in [0.3, 0.4) is 0 Å². The molecule has 1 aromatic rings. The number of rotatable bonds is 2. The number of nitrogens with zero attached hydrogens (tertiary/aromatic N) is 1. The first-order valence-corrected chi connectivity index (χ1v) is 5.51. The van der Waals surface area contributed by atoms with Crippen molar-refractivity contribution >= 4 is 12.7 Å². The molecule has 0 aliphatic carbocycles. The second kappa shape index (κ2) is 4.00. The first-order chi connectivity index (χ1) is 9.00.